The summed E-state index contributed by atoms with van der Waals surface area (Å²) in [5.41, 5.74) is -0.456. The van der Waals surface area contributed by atoms with Gasteiger partial charge in [-0.25, -0.2) is 0 Å². The molecule has 2 aliphatic rings. The second-order valence-corrected chi connectivity index (χ2v) is 10.6. The quantitative estimate of drug-likeness (QED) is 0.146. The first-order valence-corrected chi connectivity index (χ1v) is 13.8. The molecule has 2 fully saturated rings. The van der Waals surface area contributed by atoms with Crippen LogP contribution in [0.15, 0.2) is 39.5 Å². The van der Waals surface area contributed by atoms with Crippen LogP contribution in [0, 0.1) is 0 Å². The second kappa shape index (κ2) is 13.0. The number of hydrogen-bond acceptors (Lipinski definition) is 16. The van der Waals surface area contributed by atoms with E-state index in [0.717, 1.165) is 6.07 Å². The van der Waals surface area contributed by atoms with Crippen LogP contribution in [0.2, 0.25) is 0 Å². The number of benzene rings is 2. The van der Waals surface area contributed by atoms with E-state index in [4.69, 9.17) is 32.8 Å². The van der Waals surface area contributed by atoms with E-state index in [1.807, 2.05) is 0 Å². The molecule has 0 radical (unpaired) electrons. The Hall–Kier alpha value is -3.71. The molecule has 16 nitrogen and oxygen atoms in total. The van der Waals surface area contributed by atoms with Gasteiger partial charge in [0.05, 0.1) is 26.9 Å². The number of phenols is 2. The van der Waals surface area contributed by atoms with Crippen LogP contribution in [0.25, 0.3) is 22.3 Å². The normalized spacial score (nSPS) is 31.9. The molecule has 2 aliphatic heterocycles. The van der Waals surface area contributed by atoms with Crippen molar-refractivity contribution in [3.63, 3.8) is 0 Å². The van der Waals surface area contributed by atoms with Gasteiger partial charge in [0.25, 0.3) is 0 Å². The Morgan fingerprint density at radius 2 is 1.47 bits per heavy atom. The highest BCUT2D eigenvalue weighted by Crippen LogP contribution is 2.44. The van der Waals surface area contributed by atoms with Crippen molar-refractivity contribution >= 4 is 11.0 Å². The van der Waals surface area contributed by atoms with Crippen LogP contribution in [-0.4, -0.2) is 123 Å². The minimum Gasteiger partial charge on any atom is -0.504 e. The lowest BCUT2D eigenvalue weighted by molar-refractivity contribution is -0.318. The van der Waals surface area contributed by atoms with E-state index in [1.54, 1.807) is 0 Å². The summed E-state index contributed by atoms with van der Waals surface area (Å²) in [6.45, 7) is 0.918. The van der Waals surface area contributed by atoms with E-state index in [-0.39, 0.29) is 39.7 Å². The Balaban J connectivity index is 1.43. The van der Waals surface area contributed by atoms with E-state index in [9.17, 15) is 45.6 Å². The molecule has 0 amide bonds. The summed E-state index contributed by atoms with van der Waals surface area (Å²) < 4.78 is 38.5. The summed E-state index contributed by atoms with van der Waals surface area (Å²) in [6.07, 6.45) is -15.4. The van der Waals surface area contributed by atoms with Crippen molar-refractivity contribution in [1.29, 1.82) is 0 Å². The second-order valence-electron chi connectivity index (χ2n) is 10.6. The zero-order chi connectivity index (χ0) is 32.7. The molecule has 2 saturated heterocycles. The van der Waals surface area contributed by atoms with Crippen molar-refractivity contribution in [3.8, 4) is 40.1 Å². The van der Waals surface area contributed by atoms with Crippen molar-refractivity contribution in [2.45, 2.75) is 68.3 Å². The smallest absolute Gasteiger partial charge is 0.229 e. The van der Waals surface area contributed by atoms with Crippen molar-refractivity contribution in [2.24, 2.45) is 0 Å². The molecular formula is C29H34O16. The largest absolute Gasteiger partial charge is 0.504 e. The van der Waals surface area contributed by atoms with Gasteiger partial charge in [-0.15, -0.1) is 0 Å². The number of fused-ring (bicyclic) bond motifs is 1. The van der Waals surface area contributed by atoms with Gasteiger partial charge in [-0.3, -0.25) is 4.79 Å². The third-order valence-corrected chi connectivity index (χ3v) is 7.73. The van der Waals surface area contributed by atoms with Crippen molar-refractivity contribution in [1.82, 2.24) is 0 Å². The molecule has 45 heavy (non-hydrogen) atoms. The minimum atomic E-state index is -1.84. The van der Waals surface area contributed by atoms with Crippen molar-refractivity contribution < 1.29 is 73.7 Å². The van der Waals surface area contributed by atoms with E-state index in [0.29, 0.717) is 5.56 Å². The van der Waals surface area contributed by atoms with Gasteiger partial charge in [0.2, 0.25) is 12.0 Å². The molecule has 246 valence electrons. The maximum Gasteiger partial charge on any atom is 0.229 e. The highest BCUT2D eigenvalue weighted by atomic mass is 16.7. The zero-order valence-corrected chi connectivity index (χ0v) is 24.2. The molecule has 4 unspecified atom stereocenters. The zero-order valence-electron chi connectivity index (χ0n) is 24.2. The first-order chi connectivity index (χ1) is 21.4. The van der Waals surface area contributed by atoms with Gasteiger partial charge in [0, 0.05) is 17.7 Å². The third-order valence-electron chi connectivity index (χ3n) is 7.73. The summed E-state index contributed by atoms with van der Waals surface area (Å²) in [7, 11) is 2.53. The number of aromatic hydroxyl groups is 2. The summed E-state index contributed by atoms with van der Waals surface area (Å²) >= 11 is 0. The predicted molar refractivity (Wildman–Crippen MR) is 150 cm³/mol. The lowest BCUT2D eigenvalue weighted by Gasteiger charge is -2.42. The van der Waals surface area contributed by atoms with Crippen LogP contribution in [-0.2, 0) is 14.2 Å². The third kappa shape index (κ3) is 6.11. The van der Waals surface area contributed by atoms with E-state index < -0.39 is 79.2 Å². The molecule has 0 bridgehead atoms. The molecule has 0 spiro atoms. The Morgan fingerprint density at radius 3 is 2.16 bits per heavy atom. The van der Waals surface area contributed by atoms with Gasteiger partial charge >= 0.3 is 0 Å². The maximum absolute atomic E-state index is 13.0. The molecule has 1 aromatic heterocycles. The number of phenolic OH excluding ortho intramolecular Hbond substituents is 2. The Labute approximate surface area is 254 Å². The average Bonchev–Trinajstić information content (AvgIpc) is 3.01. The Morgan fingerprint density at radius 1 is 0.778 bits per heavy atom. The van der Waals surface area contributed by atoms with Crippen LogP contribution in [0.4, 0.5) is 0 Å². The van der Waals surface area contributed by atoms with Gasteiger partial charge in [-0.1, -0.05) is 0 Å². The van der Waals surface area contributed by atoms with Crippen molar-refractivity contribution in [2.75, 3.05) is 20.8 Å². The van der Waals surface area contributed by atoms with E-state index in [2.05, 4.69) is 0 Å². The number of methoxy groups -OCH3 is 2. The molecule has 2 aromatic carbocycles. The number of aliphatic hydroxyl groups excluding tert-OH is 6. The predicted octanol–water partition coefficient (Wildman–Crippen LogP) is -1.08. The average molecular weight is 639 g/mol. The fraction of sp³-hybridized carbons (Fsp3) is 0.483. The Kier molecular flexibility index (Phi) is 9.41. The lowest BCUT2D eigenvalue weighted by Crippen LogP contribution is -2.61. The molecule has 0 aliphatic carbocycles. The summed E-state index contributed by atoms with van der Waals surface area (Å²) in [6, 6.07) is 6.56. The molecule has 8 N–H and O–H groups in total. The number of rotatable bonds is 8. The standard InChI is InChI=1S/C29H34O16/c1-10-20(32)23(35)25(37)28(42-10)41-9-18-21(33)24(36)26(38)29(45-18)44-17-8-16-19(22(34)27(17)40-3)13(31)7-14(43-16)11-4-5-12(30)15(6-11)39-2/h4-8,10,18,20-21,23-26,28-30,32-38H,9H2,1-3H3/t10?,18?,20-,21+,23?,24-,25-,26?,28+,29+/m0/s1. The minimum absolute atomic E-state index is 0.0464. The fourth-order valence-electron chi connectivity index (χ4n) is 5.14. The van der Waals surface area contributed by atoms with Gasteiger partial charge in [0.1, 0.15) is 59.5 Å². The number of aliphatic hydroxyl groups is 6. The van der Waals surface area contributed by atoms with Gasteiger partial charge in [-0.05, 0) is 25.1 Å². The lowest BCUT2D eigenvalue weighted by atomic mass is 9.98. The topological polar surface area (TPSA) is 247 Å². The molecule has 10 atom stereocenters. The molecule has 0 saturated carbocycles. The molecule has 3 aromatic rings. The fourth-order valence-corrected chi connectivity index (χ4v) is 5.14. The summed E-state index contributed by atoms with van der Waals surface area (Å²) in [5, 5.41) is 82.5. The molecule has 16 heteroatoms. The van der Waals surface area contributed by atoms with E-state index in [1.165, 1.54) is 45.4 Å². The van der Waals surface area contributed by atoms with E-state index >= 15 is 0 Å². The molecular weight excluding hydrogens is 604 g/mol. The van der Waals surface area contributed by atoms with Crippen LogP contribution >= 0.6 is 0 Å². The maximum atomic E-state index is 13.0. The van der Waals surface area contributed by atoms with Crippen LogP contribution < -0.4 is 19.6 Å². The van der Waals surface area contributed by atoms with Gasteiger partial charge in [0.15, 0.2) is 34.7 Å². The first-order valence-electron chi connectivity index (χ1n) is 13.8. The van der Waals surface area contributed by atoms with Gasteiger partial charge in [-0.2, -0.15) is 0 Å². The molecule has 3 heterocycles. The highest BCUT2D eigenvalue weighted by Gasteiger charge is 2.47. The Bertz CT molecular complexity index is 1570. The van der Waals surface area contributed by atoms with Gasteiger partial charge < -0.3 is 73.7 Å². The SMILES string of the molecule is COc1cc(-c2cc(=O)c3c(O)c(OC)c(O[C@@H]4OC(CO[C@@H]5OC(C)[C@H](O)C(O)[C@@H]5O)[C@@H](O)[C@H](O)C4O)cc3o2)ccc1O. The first kappa shape index (κ1) is 32.7. The van der Waals surface area contributed by atoms with Crippen molar-refractivity contribution in [3.05, 3.63) is 40.6 Å². The molecule has 5 rings (SSSR count). The van der Waals surface area contributed by atoms with Crippen LogP contribution in [0.3, 0.4) is 0 Å². The summed E-state index contributed by atoms with van der Waals surface area (Å²) in [5.74, 6) is -1.25. The monoisotopic (exact) mass is 638 g/mol. The van der Waals surface area contributed by atoms with Crippen LogP contribution in [0.1, 0.15) is 6.92 Å². The highest BCUT2D eigenvalue weighted by molar-refractivity contribution is 5.89. The number of hydrogen-bond donors (Lipinski definition) is 8. The number of ether oxygens (including phenoxy) is 6. The van der Waals surface area contributed by atoms with Crippen LogP contribution in [0.5, 0.6) is 28.7 Å². The summed E-state index contributed by atoms with van der Waals surface area (Å²) in [4.78, 5) is 13.0.